The number of pyridine rings is 1. The Labute approximate surface area is 101 Å². The van der Waals surface area contributed by atoms with Crippen LogP contribution in [0.4, 0.5) is 0 Å². The van der Waals surface area contributed by atoms with Gasteiger partial charge in [-0.25, -0.2) is 4.98 Å². The second-order valence-electron chi connectivity index (χ2n) is 3.97. The molecule has 1 heterocycles. The van der Waals surface area contributed by atoms with Gasteiger partial charge in [0.15, 0.2) is 0 Å². The molecule has 0 aliphatic rings. The second kappa shape index (κ2) is 4.97. The van der Waals surface area contributed by atoms with Gasteiger partial charge in [-0.05, 0) is 49.2 Å². The molecule has 2 aromatic rings. The highest BCUT2D eigenvalue weighted by Gasteiger charge is 2.05. The Morgan fingerprint density at radius 1 is 1.18 bits per heavy atom. The summed E-state index contributed by atoms with van der Waals surface area (Å²) >= 11 is 0. The number of benzene rings is 1. The number of aryl methyl sites for hydroxylation is 2. The summed E-state index contributed by atoms with van der Waals surface area (Å²) in [6.07, 6.45) is 1.65. The van der Waals surface area contributed by atoms with E-state index in [4.69, 9.17) is 4.74 Å². The van der Waals surface area contributed by atoms with Crippen molar-refractivity contribution in [1.29, 1.82) is 0 Å². The minimum Gasteiger partial charge on any atom is -0.439 e. The largest absolute Gasteiger partial charge is 0.439 e. The Balaban J connectivity index is 2.28. The molecular formula is C14H15NO2. The molecule has 0 radical (unpaired) electrons. The maximum atomic E-state index is 9.18. The predicted molar refractivity (Wildman–Crippen MR) is 66.1 cm³/mol. The third-order valence-electron chi connectivity index (χ3n) is 2.71. The van der Waals surface area contributed by atoms with Gasteiger partial charge in [0.1, 0.15) is 5.75 Å². The maximum Gasteiger partial charge on any atom is 0.224 e. The average Bonchev–Trinajstić information content (AvgIpc) is 2.34. The zero-order chi connectivity index (χ0) is 12.3. The first-order valence-corrected chi connectivity index (χ1v) is 5.50. The van der Waals surface area contributed by atoms with Crippen molar-refractivity contribution < 1.29 is 9.84 Å². The molecule has 0 saturated heterocycles. The lowest BCUT2D eigenvalue weighted by Gasteiger charge is -2.09. The van der Waals surface area contributed by atoms with Gasteiger partial charge in [0.25, 0.3) is 0 Å². The van der Waals surface area contributed by atoms with Crippen molar-refractivity contribution in [2.45, 2.75) is 20.5 Å². The third-order valence-corrected chi connectivity index (χ3v) is 2.71. The maximum absolute atomic E-state index is 9.18. The van der Waals surface area contributed by atoms with Crippen LogP contribution in [0, 0.1) is 13.8 Å². The van der Waals surface area contributed by atoms with E-state index >= 15 is 0 Å². The fourth-order valence-electron chi connectivity index (χ4n) is 1.53. The number of aliphatic hydroxyl groups excluding tert-OH is 1. The van der Waals surface area contributed by atoms with Crippen LogP contribution in [0.1, 0.15) is 16.7 Å². The van der Waals surface area contributed by atoms with Gasteiger partial charge in [-0.3, -0.25) is 0 Å². The Morgan fingerprint density at radius 3 is 2.71 bits per heavy atom. The van der Waals surface area contributed by atoms with Crippen molar-refractivity contribution in [1.82, 2.24) is 4.98 Å². The molecule has 0 unspecified atom stereocenters. The molecule has 3 nitrogen and oxygen atoms in total. The SMILES string of the molecule is Cc1ccc(Oc2ncccc2CO)cc1C. The van der Waals surface area contributed by atoms with Gasteiger partial charge in [-0.2, -0.15) is 0 Å². The number of hydrogen-bond donors (Lipinski definition) is 1. The molecule has 0 saturated carbocycles. The molecule has 0 amide bonds. The van der Waals surface area contributed by atoms with E-state index < -0.39 is 0 Å². The van der Waals surface area contributed by atoms with Gasteiger partial charge in [-0.15, -0.1) is 0 Å². The highest BCUT2D eigenvalue weighted by Crippen LogP contribution is 2.24. The fraction of sp³-hybridized carbons (Fsp3) is 0.214. The topological polar surface area (TPSA) is 42.4 Å². The Bertz CT molecular complexity index is 523. The summed E-state index contributed by atoms with van der Waals surface area (Å²) < 4.78 is 5.67. The molecule has 1 aromatic heterocycles. The van der Waals surface area contributed by atoms with Gasteiger partial charge in [0.05, 0.1) is 6.61 Å². The summed E-state index contributed by atoms with van der Waals surface area (Å²) in [7, 11) is 0. The third kappa shape index (κ3) is 2.63. The van der Waals surface area contributed by atoms with E-state index in [1.165, 1.54) is 11.1 Å². The Morgan fingerprint density at radius 2 is 2.00 bits per heavy atom. The van der Waals surface area contributed by atoms with E-state index in [9.17, 15) is 5.11 Å². The van der Waals surface area contributed by atoms with E-state index in [1.54, 1.807) is 18.3 Å². The molecule has 3 heteroatoms. The van der Waals surface area contributed by atoms with Crippen LogP contribution in [-0.2, 0) is 6.61 Å². The first-order valence-electron chi connectivity index (χ1n) is 5.50. The number of aromatic nitrogens is 1. The van der Waals surface area contributed by atoms with Crippen LogP contribution in [0.2, 0.25) is 0 Å². The summed E-state index contributed by atoms with van der Waals surface area (Å²) in [6.45, 7) is 4.01. The van der Waals surface area contributed by atoms with Crippen LogP contribution in [0.5, 0.6) is 11.6 Å². The Hall–Kier alpha value is -1.87. The number of aliphatic hydroxyl groups is 1. The molecule has 0 bridgehead atoms. The van der Waals surface area contributed by atoms with Crippen molar-refractivity contribution in [2.24, 2.45) is 0 Å². The van der Waals surface area contributed by atoms with Gasteiger partial charge >= 0.3 is 0 Å². The Kier molecular flexibility index (Phi) is 3.40. The number of ether oxygens (including phenoxy) is 1. The van der Waals surface area contributed by atoms with Crippen LogP contribution < -0.4 is 4.74 Å². The molecule has 88 valence electrons. The number of hydrogen-bond acceptors (Lipinski definition) is 3. The van der Waals surface area contributed by atoms with Gasteiger partial charge < -0.3 is 9.84 Å². The quantitative estimate of drug-likeness (QED) is 0.879. The monoisotopic (exact) mass is 229 g/mol. The lowest BCUT2D eigenvalue weighted by Crippen LogP contribution is -1.94. The first-order chi connectivity index (χ1) is 8.20. The first kappa shape index (κ1) is 11.6. The van der Waals surface area contributed by atoms with Crippen molar-refractivity contribution in [3.05, 3.63) is 53.2 Å². The van der Waals surface area contributed by atoms with Crippen LogP contribution >= 0.6 is 0 Å². The van der Waals surface area contributed by atoms with Crippen LogP contribution in [0.15, 0.2) is 36.5 Å². The molecule has 2 rings (SSSR count). The summed E-state index contributed by atoms with van der Waals surface area (Å²) in [5.74, 6) is 1.19. The van der Waals surface area contributed by atoms with Crippen LogP contribution in [0.25, 0.3) is 0 Å². The molecule has 0 aliphatic carbocycles. The molecular weight excluding hydrogens is 214 g/mol. The average molecular weight is 229 g/mol. The van der Waals surface area contributed by atoms with Crippen molar-refractivity contribution in [2.75, 3.05) is 0 Å². The molecule has 0 atom stereocenters. The molecule has 0 spiro atoms. The van der Waals surface area contributed by atoms with Gasteiger partial charge in [-0.1, -0.05) is 6.07 Å². The van der Waals surface area contributed by atoms with E-state index in [2.05, 4.69) is 11.9 Å². The van der Waals surface area contributed by atoms with Crippen LogP contribution in [-0.4, -0.2) is 10.1 Å². The van der Waals surface area contributed by atoms with Crippen LogP contribution in [0.3, 0.4) is 0 Å². The zero-order valence-electron chi connectivity index (χ0n) is 9.97. The predicted octanol–water partition coefficient (Wildman–Crippen LogP) is 2.98. The van der Waals surface area contributed by atoms with Gasteiger partial charge in [0, 0.05) is 11.8 Å². The lowest BCUT2D eigenvalue weighted by atomic mass is 10.1. The van der Waals surface area contributed by atoms with E-state index in [0.29, 0.717) is 11.4 Å². The molecule has 1 aromatic carbocycles. The highest BCUT2D eigenvalue weighted by atomic mass is 16.5. The van der Waals surface area contributed by atoms with Crippen molar-refractivity contribution >= 4 is 0 Å². The van der Waals surface area contributed by atoms with Crippen molar-refractivity contribution in [3.8, 4) is 11.6 Å². The molecule has 0 fully saturated rings. The smallest absolute Gasteiger partial charge is 0.224 e. The second-order valence-corrected chi connectivity index (χ2v) is 3.97. The fourth-order valence-corrected chi connectivity index (χ4v) is 1.53. The molecule has 1 N–H and O–H groups in total. The minimum atomic E-state index is -0.0754. The summed E-state index contributed by atoms with van der Waals surface area (Å²) in [5.41, 5.74) is 3.08. The number of rotatable bonds is 3. The summed E-state index contributed by atoms with van der Waals surface area (Å²) in [6, 6.07) is 9.44. The molecule has 17 heavy (non-hydrogen) atoms. The van der Waals surface area contributed by atoms with E-state index in [1.807, 2.05) is 25.1 Å². The minimum absolute atomic E-state index is 0.0754. The standard InChI is InChI=1S/C14H15NO2/c1-10-5-6-13(8-11(10)2)17-14-12(9-16)4-3-7-15-14/h3-8,16H,9H2,1-2H3. The highest BCUT2D eigenvalue weighted by molar-refractivity contribution is 5.37. The normalized spacial score (nSPS) is 10.3. The number of nitrogens with zero attached hydrogens (tertiary/aromatic N) is 1. The van der Waals surface area contributed by atoms with E-state index in [0.717, 1.165) is 5.75 Å². The summed E-state index contributed by atoms with van der Waals surface area (Å²) in [4.78, 5) is 4.11. The summed E-state index contributed by atoms with van der Waals surface area (Å²) in [5, 5.41) is 9.18. The zero-order valence-corrected chi connectivity index (χ0v) is 9.97. The molecule has 0 aliphatic heterocycles. The lowest BCUT2D eigenvalue weighted by molar-refractivity contribution is 0.275. The van der Waals surface area contributed by atoms with Gasteiger partial charge in [0.2, 0.25) is 5.88 Å². The van der Waals surface area contributed by atoms with Crippen molar-refractivity contribution in [3.63, 3.8) is 0 Å². The van der Waals surface area contributed by atoms with E-state index in [-0.39, 0.29) is 6.61 Å².